The van der Waals surface area contributed by atoms with E-state index in [-0.39, 0.29) is 17.9 Å². The summed E-state index contributed by atoms with van der Waals surface area (Å²) in [6.45, 7) is 2.61. The molecule has 0 bridgehead atoms. The molecule has 0 aliphatic rings. The minimum Gasteiger partial charge on any atom is -0.507 e. The second-order valence-electron chi connectivity index (χ2n) is 4.49. The number of phenols is 1. The van der Waals surface area contributed by atoms with Crippen LogP contribution >= 0.6 is 0 Å². The Labute approximate surface area is 122 Å². The number of aromatic carboxylic acids is 1. The fourth-order valence-corrected chi connectivity index (χ4v) is 1.73. The number of rotatable bonds is 6. The standard InChI is InChI=1S/C16H16O5/c1-11-2-4-12(5-3-11)20-8-9-21-13-6-7-15(17)14(10-13)16(18)19/h2-7,10,17H,8-9H2,1H3,(H,18,19). The minimum atomic E-state index is -1.20. The van der Waals surface area contributed by atoms with Crippen molar-refractivity contribution in [1.29, 1.82) is 0 Å². The quantitative estimate of drug-likeness (QED) is 0.799. The molecule has 0 unspecified atom stereocenters. The van der Waals surface area contributed by atoms with Crippen molar-refractivity contribution in [3.63, 3.8) is 0 Å². The van der Waals surface area contributed by atoms with Crippen molar-refractivity contribution in [2.24, 2.45) is 0 Å². The molecule has 5 nitrogen and oxygen atoms in total. The molecule has 0 amide bonds. The predicted octanol–water partition coefficient (Wildman–Crippen LogP) is 2.86. The van der Waals surface area contributed by atoms with Crippen LogP contribution in [0, 0.1) is 6.92 Å². The van der Waals surface area contributed by atoms with Gasteiger partial charge in [-0.1, -0.05) is 17.7 Å². The number of carboxylic acid groups (broad SMARTS) is 1. The van der Waals surface area contributed by atoms with Gasteiger partial charge in [0.25, 0.3) is 0 Å². The summed E-state index contributed by atoms with van der Waals surface area (Å²) in [5.74, 6) is -0.363. The van der Waals surface area contributed by atoms with Gasteiger partial charge < -0.3 is 19.7 Å². The Kier molecular flexibility index (Phi) is 4.66. The Balaban J connectivity index is 1.85. The van der Waals surface area contributed by atoms with E-state index in [2.05, 4.69) is 0 Å². The van der Waals surface area contributed by atoms with Crippen LogP contribution < -0.4 is 9.47 Å². The second kappa shape index (κ2) is 6.65. The molecular formula is C16H16O5. The largest absolute Gasteiger partial charge is 0.507 e. The van der Waals surface area contributed by atoms with Crippen molar-refractivity contribution in [3.05, 3.63) is 53.6 Å². The highest BCUT2D eigenvalue weighted by molar-refractivity contribution is 5.91. The van der Waals surface area contributed by atoms with Gasteiger partial charge in [-0.25, -0.2) is 4.79 Å². The summed E-state index contributed by atoms with van der Waals surface area (Å²) in [6.07, 6.45) is 0. The first-order chi connectivity index (χ1) is 10.1. The Hall–Kier alpha value is -2.69. The molecule has 21 heavy (non-hydrogen) atoms. The third-order valence-corrected chi connectivity index (χ3v) is 2.84. The fourth-order valence-electron chi connectivity index (χ4n) is 1.73. The Morgan fingerprint density at radius 2 is 1.57 bits per heavy atom. The van der Waals surface area contributed by atoms with E-state index in [1.54, 1.807) is 0 Å². The van der Waals surface area contributed by atoms with Crippen LogP contribution in [0.2, 0.25) is 0 Å². The van der Waals surface area contributed by atoms with Crippen LogP contribution in [0.15, 0.2) is 42.5 Å². The summed E-state index contributed by atoms with van der Waals surface area (Å²) >= 11 is 0. The van der Waals surface area contributed by atoms with E-state index in [0.717, 1.165) is 11.3 Å². The van der Waals surface area contributed by atoms with Crippen molar-refractivity contribution < 1.29 is 24.5 Å². The normalized spacial score (nSPS) is 10.1. The number of hydrogen-bond acceptors (Lipinski definition) is 4. The van der Waals surface area contributed by atoms with Crippen molar-refractivity contribution in [2.75, 3.05) is 13.2 Å². The summed E-state index contributed by atoms with van der Waals surface area (Å²) in [5.41, 5.74) is 0.968. The molecule has 0 saturated heterocycles. The molecule has 0 fully saturated rings. The van der Waals surface area contributed by atoms with Gasteiger partial charge in [0.2, 0.25) is 0 Å². The zero-order valence-electron chi connectivity index (χ0n) is 11.6. The van der Waals surface area contributed by atoms with Gasteiger partial charge in [-0.15, -0.1) is 0 Å². The molecule has 0 aromatic heterocycles. The van der Waals surface area contributed by atoms with Crippen molar-refractivity contribution in [3.8, 4) is 17.2 Å². The second-order valence-corrected chi connectivity index (χ2v) is 4.49. The smallest absolute Gasteiger partial charge is 0.339 e. The number of carboxylic acids is 1. The molecule has 0 heterocycles. The Bertz CT molecular complexity index is 619. The lowest BCUT2D eigenvalue weighted by atomic mass is 10.2. The van der Waals surface area contributed by atoms with Gasteiger partial charge in [-0.05, 0) is 37.3 Å². The third-order valence-electron chi connectivity index (χ3n) is 2.84. The van der Waals surface area contributed by atoms with Crippen LogP contribution in [0.3, 0.4) is 0 Å². The number of aryl methyl sites for hydroxylation is 1. The summed E-state index contributed by atoms with van der Waals surface area (Å²) in [5, 5.41) is 18.3. The molecule has 0 aliphatic carbocycles. The van der Waals surface area contributed by atoms with E-state index in [1.165, 1.54) is 18.2 Å². The molecule has 5 heteroatoms. The highest BCUT2D eigenvalue weighted by atomic mass is 16.5. The summed E-state index contributed by atoms with van der Waals surface area (Å²) in [7, 11) is 0. The molecule has 2 rings (SSSR count). The summed E-state index contributed by atoms with van der Waals surface area (Å²) in [4.78, 5) is 10.9. The third kappa shape index (κ3) is 4.14. The van der Waals surface area contributed by atoms with E-state index in [4.69, 9.17) is 14.6 Å². The lowest BCUT2D eigenvalue weighted by Crippen LogP contribution is -2.09. The molecular weight excluding hydrogens is 272 g/mol. The maximum atomic E-state index is 10.9. The zero-order chi connectivity index (χ0) is 15.2. The molecule has 0 spiro atoms. The monoisotopic (exact) mass is 288 g/mol. The zero-order valence-corrected chi connectivity index (χ0v) is 11.6. The van der Waals surface area contributed by atoms with Crippen LogP contribution in [0.5, 0.6) is 17.2 Å². The first-order valence-corrected chi connectivity index (χ1v) is 6.45. The van der Waals surface area contributed by atoms with Crippen LogP contribution in [0.25, 0.3) is 0 Å². The van der Waals surface area contributed by atoms with Crippen LogP contribution in [-0.4, -0.2) is 29.4 Å². The van der Waals surface area contributed by atoms with Crippen LogP contribution in [0.4, 0.5) is 0 Å². The Morgan fingerprint density at radius 3 is 2.19 bits per heavy atom. The molecule has 0 atom stereocenters. The average Bonchev–Trinajstić information content (AvgIpc) is 2.46. The highest BCUT2D eigenvalue weighted by Crippen LogP contribution is 2.23. The van der Waals surface area contributed by atoms with Crippen LogP contribution in [-0.2, 0) is 0 Å². The SMILES string of the molecule is Cc1ccc(OCCOc2ccc(O)c(C(=O)O)c2)cc1. The summed E-state index contributed by atoms with van der Waals surface area (Å²) < 4.78 is 10.9. The van der Waals surface area contributed by atoms with Crippen molar-refractivity contribution in [1.82, 2.24) is 0 Å². The van der Waals surface area contributed by atoms with Gasteiger partial charge in [-0.2, -0.15) is 0 Å². The Morgan fingerprint density at radius 1 is 1.00 bits per heavy atom. The van der Waals surface area contributed by atoms with Gasteiger partial charge in [0, 0.05) is 0 Å². The molecule has 0 radical (unpaired) electrons. The maximum Gasteiger partial charge on any atom is 0.339 e. The van der Waals surface area contributed by atoms with E-state index >= 15 is 0 Å². The molecule has 2 aromatic carbocycles. The maximum absolute atomic E-state index is 10.9. The first kappa shape index (κ1) is 14.7. The first-order valence-electron chi connectivity index (χ1n) is 6.45. The van der Waals surface area contributed by atoms with E-state index < -0.39 is 5.97 Å². The topological polar surface area (TPSA) is 76.0 Å². The lowest BCUT2D eigenvalue weighted by molar-refractivity contribution is 0.0693. The number of hydrogen-bond donors (Lipinski definition) is 2. The van der Waals surface area contributed by atoms with Crippen molar-refractivity contribution >= 4 is 5.97 Å². The number of benzene rings is 2. The lowest BCUT2D eigenvalue weighted by Gasteiger charge is -2.09. The average molecular weight is 288 g/mol. The number of aromatic hydroxyl groups is 1. The van der Waals surface area contributed by atoms with Gasteiger partial charge in [-0.3, -0.25) is 0 Å². The molecule has 110 valence electrons. The van der Waals surface area contributed by atoms with Gasteiger partial charge >= 0.3 is 5.97 Å². The molecule has 2 aromatic rings. The number of carbonyl (C=O) groups is 1. The number of ether oxygens (including phenoxy) is 2. The minimum absolute atomic E-state index is 0.188. The van der Waals surface area contributed by atoms with E-state index in [9.17, 15) is 9.90 Å². The highest BCUT2D eigenvalue weighted by Gasteiger charge is 2.10. The van der Waals surface area contributed by atoms with E-state index in [1.807, 2.05) is 31.2 Å². The molecule has 0 saturated carbocycles. The van der Waals surface area contributed by atoms with Crippen molar-refractivity contribution in [2.45, 2.75) is 6.92 Å². The molecule has 0 aliphatic heterocycles. The van der Waals surface area contributed by atoms with Gasteiger partial charge in [0.15, 0.2) is 0 Å². The van der Waals surface area contributed by atoms with Gasteiger partial charge in [0.05, 0.1) is 0 Å². The van der Waals surface area contributed by atoms with E-state index in [0.29, 0.717) is 12.4 Å². The van der Waals surface area contributed by atoms with Gasteiger partial charge in [0.1, 0.15) is 36.0 Å². The van der Waals surface area contributed by atoms with Crippen LogP contribution in [0.1, 0.15) is 15.9 Å². The summed E-state index contributed by atoms with van der Waals surface area (Å²) in [6, 6.07) is 11.7. The molecule has 2 N–H and O–H groups in total. The predicted molar refractivity (Wildman–Crippen MR) is 77.2 cm³/mol. The fraction of sp³-hybridized carbons (Fsp3) is 0.188.